The number of ether oxygens (including phenoxy) is 1. The van der Waals surface area contributed by atoms with Gasteiger partial charge in [0.1, 0.15) is 5.60 Å². The van der Waals surface area contributed by atoms with Gasteiger partial charge in [-0.05, 0) is 58.6 Å². The summed E-state index contributed by atoms with van der Waals surface area (Å²) in [6, 6.07) is 3.72. The number of sulfonamides is 1. The second kappa shape index (κ2) is 11.0. The molecular weight excluding hydrogens is 460 g/mol. The maximum atomic E-state index is 13.1. The molecule has 0 aromatic carbocycles. The average Bonchev–Trinajstić information content (AvgIpc) is 2.95. The summed E-state index contributed by atoms with van der Waals surface area (Å²) >= 11 is 0. The van der Waals surface area contributed by atoms with E-state index in [9.17, 15) is 23.1 Å². The summed E-state index contributed by atoms with van der Waals surface area (Å²) in [5.74, 6) is -0.684. The number of aromatic nitrogens is 1. The summed E-state index contributed by atoms with van der Waals surface area (Å²) in [7, 11) is -3.84. The minimum atomic E-state index is -3.84. The molecule has 0 bridgehead atoms. The average molecular weight is 497 g/mol. The summed E-state index contributed by atoms with van der Waals surface area (Å²) in [5.41, 5.74) is -0.636. The fourth-order valence-corrected chi connectivity index (χ4v) is 5.92. The lowest BCUT2D eigenvalue weighted by atomic mass is 9.83. The van der Waals surface area contributed by atoms with Gasteiger partial charge in [-0.2, -0.15) is 4.31 Å². The molecular formula is C23H36N4O6S. The first-order chi connectivity index (χ1) is 16.0. The Morgan fingerprint density at radius 3 is 2.47 bits per heavy atom. The third-order valence-corrected chi connectivity index (χ3v) is 7.93. The molecule has 1 saturated heterocycles. The lowest BCUT2D eigenvalue weighted by molar-refractivity contribution is -0.128. The number of amides is 2. The summed E-state index contributed by atoms with van der Waals surface area (Å²) in [6.45, 7) is 5.44. The number of carbonyl (C=O) groups is 2. The molecule has 1 aliphatic heterocycles. The Labute approximate surface area is 201 Å². The molecule has 2 heterocycles. The van der Waals surface area contributed by atoms with Crippen molar-refractivity contribution in [1.29, 1.82) is 0 Å². The second-order valence-electron chi connectivity index (χ2n) is 10.00. The number of carbonyl (C=O) groups excluding carboxylic acids is 2. The Morgan fingerprint density at radius 1 is 1.09 bits per heavy atom. The van der Waals surface area contributed by atoms with Crippen LogP contribution >= 0.6 is 0 Å². The summed E-state index contributed by atoms with van der Waals surface area (Å²) < 4.78 is 32.4. The number of β-amino-alcohol motifs (C(OH)–C–C–N with tert-alkyl or cyclic N) is 1. The van der Waals surface area contributed by atoms with Gasteiger partial charge in [0.05, 0.1) is 18.1 Å². The van der Waals surface area contributed by atoms with Crippen LogP contribution in [0.1, 0.15) is 59.3 Å². The maximum Gasteiger partial charge on any atom is 0.407 e. The fourth-order valence-electron chi connectivity index (χ4n) is 4.49. The number of rotatable bonds is 5. The number of aliphatic hydroxyl groups is 1. The molecule has 1 aromatic rings. The number of nitrogens with one attached hydrogen (secondary N) is 2. The Morgan fingerprint density at radius 2 is 1.79 bits per heavy atom. The molecule has 4 unspecified atom stereocenters. The van der Waals surface area contributed by atoms with Crippen LogP contribution in [0, 0.1) is 5.92 Å². The Kier molecular flexibility index (Phi) is 8.53. The van der Waals surface area contributed by atoms with E-state index in [1.807, 2.05) is 0 Å². The van der Waals surface area contributed by atoms with Crippen LogP contribution in [0.15, 0.2) is 29.4 Å². The van der Waals surface area contributed by atoms with Crippen LogP contribution in [0.5, 0.6) is 0 Å². The topological polar surface area (TPSA) is 138 Å². The summed E-state index contributed by atoms with van der Waals surface area (Å²) in [5, 5.41) is 16.5. The van der Waals surface area contributed by atoms with Crippen LogP contribution < -0.4 is 10.6 Å². The van der Waals surface area contributed by atoms with E-state index in [2.05, 4.69) is 15.6 Å². The smallest absolute Gasteiger partial charge is 0.407 e. The van der Waals surface area contributed by atoms with E-state index in [0.29, 0.717) is 25.7 Å². The quantitative estimate of drug-likeness (QED) is 0.565. The first kappa shape index (κ1) is 26.4. The molecule has 1 aromatic heterocycles. The Balaban J connectivity index is 1.63. The lowest BCUT2D eigenvalue weighted by Gasteiger charge is -2.33. The molecule has 3 rings (SSSR count). The highest BCUT2D eigenvalue weighted by Crippen LogP contribution is 2.26. The van der Waals surface area contributed by atoms with Gasteiger partial charge < -0.3 is 20.5 Å². The Hall–Kier alpha value is -2.24. The number of hydrogen-bond acceptors (Lipinski definition) is 7. The predicted octanol–water partition coefficient (Wildman–Crippen LogP) is 1.80. The molecule has 0 spiro atoms. The van der Waals surface area contributed by atoms with Crippen molar-refractivity contribution < 1.29 is 27.9 Å². The zero-order chi connectivity index (χ0) is 24.9. The highest BCUT2D eigenvalue weighted by molar-refractivity contribution is 7.89. The number of alkyl carbamates (subject to hydrolysis) is 1. The third-order valence-electron chi connectivity index (χ3n) is 6.15. The van der Waals surface area contributed by atoms with Crippen molar-refractivity contribution >= 4 is 22.0 Å². The molecule has 2 aliphatic rings. The minimum absolute atomic E-state index is 0.0667. The Bertz CT molecular complexity index is 950. The molecule has 2 fully saturated rings. The van der Waals surface area contributed by atoms with Crippen LogP contribution in [0.25, 0.3) is 0 Å². The number of nitrogens with zero attached hydrogens (tertiary/aromatic N) is 2. The van der Waals surface area contributed by atoms with E-state index in [4.69, 9.17) is 4.74 Å². The van der Waals surface area contributed by atoms with E-state index in [0.717, 1.165) is 12.8 Å². The maximum absolute atomic E-state index is 13.1. The van der Waals surface area contributed by atoms with Crippen molar-refractivity contribution in [1.82, 2.24) is 19.9 Å². The van der Waals surface area contributed by atoms with Crippen LogP contribution in [0.4, 0.5) is 4.79 Å². The summed E-state index contributed by atoms with van der Waals surface area (Å²) in [4.78, 5) is 29.3. The lowest BCUT2D eigenvalue weighted by Crippen LogP contribution is -2.53. The highest BCUT2D eigenvalue weighted by atomic mass is 32.2. The second-order valence-corrected chi connectivity index (χ2v) is 11.9. The molecule has 11 heteroatoms. The first-order valence-corrected chi connectivity index (χ1v) is 13.3. The fraction of sp³-hybridized carbons (Fsp3) is 0.696. The zero-order valence-electron chi connectivity index (χ0n) is 20.1. The third kappa shape index (κ3) is 6.89. The molecule has 0 radical (unpaired) electrons. The van der Waals surface area contributed by atoms with Gasteiger partial charge in [0.15, 0.2) is 5.03 Å². The molecule has 34 heavy (non-hydrogen) atoms. The predicted molar refractivity (Wildman–Crippen MR) is 125 cm³/mol. The minimum Gasteiger partial charge on any atom is -0.444 e. The number of hydrogen-bond donors (Lipinski definition) is 3. The van der Waals surface area contributed by atoms with Gasteiger partial charge in [0.25, 0.3) is 10.0 Å². The molecule has 2 amide bonds. The van der Waals surface area contributed by atoms with Crippen molar-refractivity contribution in [3.63, 3.8) is 0 Å². The normalized spacial score (nSPS) is 26.8. The number of pyridine rings is 1. The highest BCUT2D eigenvalue weighted by Gasteiger charge is 2.37. The van der Waals surface area contributed by atoms with Crippen LogP contribution in [0.3, 0.4) is 0 Å². The van der Waals surface area contributed by atoms with Gasteiger partial charge in [-0.25, -0.2) is 18.2 Å². The van der Waals surface area contributed by atoms with Crippen molar-refractivity contribution in [3.8, 4) is 0 Å². The monoisotopic (exact) mass is 496 g/mol. The molecule has 1 aliphatic carbocycles. The molecule has 4 atom stereocenters. The van der Waals surface area contributed by atoms with Crippen LogP contribution in [-0.2, 0) is 19.6 Å². The van der Waals surface area contributed by atoms with Gasteiger partial charge in [-0.3, -0.25) is 4.79 Å². The standard InChI is InChI=1S/C23H36N4O6S/c1-23(2,3)33-22(30)26-17-10-5-4-9-16(17)21(29)25-18-11-8-14-27(15-19(18)28)34(31,32)20-12-6-7-13-24-20/h6-7,12-13,16-19,28H,4-5,8-11,14-15H2,1-3H3,(H,25,29)(H,26,30). The van der Waals surface area contributed by atoms with Crippen LogP contribution in [0.2, 0.25) is 0 Å². The van der Waals surface area contributed by atoms with E-state index in [1.54, 1.807) is 32.9 Å². The van der Waals surface area contributed by atoms with Gasteiger partial charge in [0, 0.05) is 25.3 Å². The van der Waals surface area contributed by atoms with Crippen molar-refractivity contribution in [2.45, 2.75) is 88.1 Å². The number of aliphatic hydroxyl groups excluding tert-OH is 1. The zero-order valence-corrected chi connectivity index (χ0v) is 20.9. The molecule has 1 saturated carbocycles. The van der Waals surface area contributed by atoms with Crippen LogP contribution in [-0.4, -0.2) is 71.7 Å². The van der Waals surface area contributed by atoms with Gasteiger partial charge in [-0.15, -0.1) is 0 Å². The van der Waals surface area contributed by atoms with Crippen molar-refractivity contribution in [3.05, 3.63) is 24.4 Å². The van der Waals surface area contributed by atoms with Gasteiger partial charge in [-0.1, -0.05) is 18.9 Å². The largest absolute Gasteiger partial charge is 0.444 e. The van der Waals surface area contributed by atoms with Gasteiger partial charge >= 0.3 is 6.09 Å². The SMILES string of the molecule is CC(C)(C)OC(=O)NC1CCCCC1C(=O)NC1CCCN(S(=O)(=O)c2ccccn2)CC1O. The molecule has 190 valence electrons. The van der Waals surface area contributed by atoms with E-state index in [1.165, 1.54) is 16.6 Å². The van der Waals surface area contributed by atoms with Crippen molar-refractivity contribution in [2.75, 3.05) is 13.1 Å². The molecule has 3 N–H and O–H groups in total. The van der Waals surface area contributed by atoms with E-state index >= 15 is 0 Å². The first-order valence-electron chi connectivity index (χ1n) is 11.9. The van der Waals surface area contributed by atoms with Gasteiger partial charge in [0.2, 0.25) is 5.91 Å². The van der Waals surface area contributed by atoms with E-state index < -0.39 is 39.8 Å². The molecule has 10 nitrogen and oxygen atoms in total. The van der Waals surface area contributed by atoms with Crippen molar-refractivity contribution in [2.24, 2.45) is 5.92 Å². The summed E-state index contributed by atoms with van der Waals surface area (Å²) in [6.07, 6.45) is 3.78. The van der Waals surface area contributed by atoms with E-state index in [-0.39, 0.29) is 30.1 Å².